The fraction of sp³-hybridized carbons (Fsp3) is 0.462. The van der Waals surface area contributed by atoms with Crippen LogP contribution in [0.5, 0.6) is 5.75 Å². The topological polar surface area (TPSA) is 58.6 Å². The minimum atomic E-state index is -0.614. The van der Waals surface area contributed by atoms with Crippen molar-refractivity contribution in [1.82, 2.24) is 10.2 Å². The molecule has 32 heavy (non-hydrogen) atoms. The van der Waals surface area contributed by atoms with Crippen LogP contribution in [0.1, 0.15) is 52.7 Å². The Hall–Kier alpha value is -2.34. The van der Waals surface area contributed by atoms with E-state index < -0.39 is 6.04 Å². The Morgan fingerprint density at radius 3 is 2.12 bits per heavy atom. The Morgan fingerprint density at radius 1 is 1.00 bits per heavy atom. The van der Waals surface area contributed by atoms with Crippen LogP contribution in [0, 0.1) is 5.92 Å². The number of carbonyl (C=O) groups excluding carboxylic acids is 2. The first kappa shape index (κ1) is 25.9. The quantitative estimate of drug-likeness (QED) is 0.504. The number of amides is 2. The van der Waals surface area contributed by atoms with Crippen molar-refractivity contribution in [3.05, 3.63) is 64.1 Å². The van der Waals surface area contributed by atoms with Crippen LogP contribution in [0.2, 0.25) is 0 Å². The van der Waals surface area contributed by atoms with E-state index in [1.165, 1.54) is 5.56 Å². The summed E-state index contributed by atoms with van der Waals surface area (Å²) in [7, 11) is 0. The summed E-state index contributed by atoms with van der Waals surface area (Å²) in [5.41, 5.74) is 2.19. The number of carbonyl (C=O) groups is 2. The van der Waals surface area contributed by atoms with Gasteiger partial charge in [0.2, 0.25) is 5.91 Å². The number of benzene rings is 2. The normalized spacial score (nSPS) is 12.4. The van der Waals surface area contributed by atoms with Crippen molar-refractivity contribution in [3.63, 3.8) is 0 Å². The lowest BCUT2D eigenvalue weighted by Gasteiger charge is -2.29. The van der Waals surface area contributed by atoms with E-state index in [0.717, 1.165) is 10.0 Å². The monoisotopic (exact) mass is 502 g/mol. The molecular weight excluding hydrogens is 468 g/mol. The van der Waals surface area contributed by atoms with E-state index >= 15 is 0 Å². The van der Waals surface area contributed by atoms with Crippen molar-refractivity contribution in [2.75, 3.05) is 13.2 Å². The van der Waals surface area contributed by atoms with Crippen molar-refractivity contribution in [3.8, 4) is 5.75 Å². The zero-order chi connectivity index (χ0) is 23.9. The third-order valence-corrected chi connectivity index (χ3v) is 5.73. The maximum Gasteiger partial charge on any atom is 0.261 e. The molecule has 0 aliphatic carbocycles. The van der Waals surface area contributed by atoms with E-state index in [1.54, 1.807) is 11.8 Å². The van der Waals surface area contributed by atoms with Gasteiger partial charge < -0.3 is 15.0 Å². The summed E-state index contributed by atoms with van der Waals surface area (Å²) < 4.78 is 6.73. The molecule has 2 aromatic carbocycles. The van der Waals surface area contributed by atoms with Gasteiger partial charge in [-0.15, -0.1) is 0 Å². The number of ether oxygens (including phenoxy) is 1. The van der Waals surface area contributed by atoms with Crippen LogP contribution in [-0.4, -0.2) is 35.9 Å². The Bertz CT molecular complexity index is 887. The van der Waals surface area contributed by atoms with Gasteiger partial charge in [-0.05, 0) is 53.6 Å². The maximum atomic E-state index is 13.1. The Morgan fingerprint density at radius 2 is 1.59 bits per heavy atom. The van der Waals surface area contributed by atoms with Crippen LogP contribution < -0.4 is 10.1 Å². The van der Waals surface area contributed by atoms with Crippen molar-refractivity contribution in [2.24, 2.45) is 5.92 Å². The van der Waals surface area contributed by atoms with E-state index in [9.17, 15) is 9.59 Å². The van der Waals surface area contributed by atoms with Gasteiger partial charge in [0.15, 0.2) is 6.61 Å². The second-order valence-electron chi connectivity index (χ2n) is 9.53. The lowest BCUT2D eigenvalue weighted by molar-refractivity contribution is -0.142. The first-order valence-corrected chi connectivity index (χ1v) is 11.8. The van der Waals surface area contributed by atoms with Crippen LogP contribution in [0.15, 0.2) is 53.0 Å². The standard InChI is InChI=1S/C26H35BrN2O3/c1-18(2)15-28-25(31)19(3)29(16-20-7-11-22(27)12-8-20)24(30)17-32-23-13-9-21(10-14-23)26(4,5)6/h7-14,18-19H,15-17H2,1-6H3,(H,28,31)/t19-/m0/s1. The fourth-order valence-electron chi connectivity index (χ4n) is 3.10. The number of halogens is 1. The average Bonchev–Trinajstić information content (AvgIpc) is 2.74. The molecule has 2 rings (SSSR count). The molecule has 0 aromatic heterocycles. The predicted molar refractivity (Wildman–Crippen MR) is 133 cm³/mol. The molecule has 2 amide bonds. The van der Waals surface area contributed by atoms with Gasteiger partial charge in [-0.1, -0.05) is 74.8 Å². The van der Waals surface area contributed by atoms with Crippen LogP contribution in [0.4, 0.5) is 0 Å². The first-order chi connectivity index (χ1) is 15.0. The Kier molecular flexibility index (Phi) is 9.32. The van der Waals surface area contributed by atoms with Gasteiger partial charge >= 0.3 is 0 Å². The number of hydrogen-bond donors (Lipinski definition) is 1. The number of rotatable bonds is 9. The SMILES string of the molecule is CC(C)CNC(=O)[C@H](C)N(Cc1ccc(Br)cc1)C(=O)COc1ccc(C(C)(C)C)cc1. The maximum absolute atomic E-state index is 13.1. The summed E-state index contributed by atoms with van der Waals surface area (Å²) in [6, 6.07) is 14.9. The van der Waals surface area contributed by atoms with Gasteiger partial charge in [-0.3, -0.25) is 9.59 Å². The molecule has 0 saturated heterocycles. The molecule has 0 heterocycles. The van der Waals surface area contributed by atoms with E-state index in [0.29, 0.717) is 24.8 Å². The molecule has 0 aliphatic rings. The number of hydrogen-bond acceptors (Lipinski definition) is 3. The largest absolute Gasteiger partial charge is 0.484 e. The van der Waals surface area contributed by atoms with Crippen molar-refractivity contribution < 1.29 is 14.3 Å². The van der Waals surface area contributed by atoms with E-state index in [4.69, 9.17) is 4.74 Å². The highest BCUT2D eigenvalue weighted by molar-refractivity contribution is 9.10. The van der Waals surface area contributed by atoms with Crippen molar-refractivity contribution in [1.29, 1.82) is 0 Å². The van der Waals surface area contributed by atoms with Crippen LogP contribution in [0.25, 0.3) is 0 Å². The highest BCUT2D eigenvalue weighted by Crippen LogP contribution is 2.24. The summed E-state index contributed by atoms with van der Waals surface area (Å²) in [6.45, 7) is 13.0. The third kappa shape index (κ3) is 7.97. The van der Waals surface area contributed by atoms with Gasteiger partial charge in [0.05, 0.1) is 0 Å². The molecule has 0 radical (unpaired) electrons. The Balaban J connectivity index is 2.11. The average molecular weight is 503 g/mol. The summed E-state index contributed by atoms with van der Waals surface area (Å²) in [4.78, 5) is 27.4. The minimum Gasteiger partial charge on any atom is -0.484 e. The molecule has 5 nitrogen and oxygen atoms in total. The van der Waals surface area contributed by atoms with Gasteiger partial charge in [0, 0.05) is 17.6 Å². The fourth-order valence-corrected chi connectivity index (χ4v) is 3.37. The van der Waals surface area contributed by atoms with Gasteiger partial charge in [-0.25, -0.2) is 0 Å². The smallest absolute Gasteiger partial charge is 0.261 e. The molecule has 0 aliphatic heterocycles. The molecule has 6 heteroatoms. The minimum absolute atomic E-state index is 0.0502. The molecule has 2 aromatic rings. The summed E-state index contributed by atoms with van der Waals surface area (Å²) in [6.07, 6.45) is 0. The van der Waals surface area contributed by atoms with E-state index in [1.807, 2.05) is 62.4 Å². The van der Waals surface area contributed by atoms with Gasteiger partial charge in [0.25, 0.3) is 5.91 Å². The van der Waals surface area contributed by atoms with Gasteiger partial charge in [0.1, 0.15) is 11.8 Å². The lowest BCUT2D eigenvalue weighted by Crippen LogP contribution is -2.49. The van der Waals surface area contributed by atoms with Crippen molar-refractivity contribution >= 4 is 27.7 Å². The number of nitrogens with zero attached hydrogens (tertiary/aromatic N) is 1. The first-order valence-electron chi connectivity index (χ1n) is 11.0. The molecule has 0 bridgehead atoms. The van der Waals surface area contributed by atoms with E-state index in [-0.39, 0.29) is 23.8 Å². The zero-order valence-electron chi connectivity index (χ0n) is 19.9. The summed E-state index contributed by atoms with van der Waals surface area (Å²) in [5, 5.41) is 2.93. The second kappa shape index (κ2) is 11.5. The van der Waals surface area contributed by atoms with Crippen LogP contribution in [0.3, 0.4) is 0 Å². The molecular formula is C26H35BrN2O3. The van der Waals surface area contributed by atoms with Crippen LogP contribution in [-0.2, 0) is 21.5 Å². The highest BCUT2D eigenvalue weighted by Gasteiger charge is 2.26. The van der Waals surface area contributed by atoms with E-state index in [2.05, 4.69) is 42.0 Å². The Labute approximate surface area is 200 Å². The number of nitrogens with one attached hydrogen (secondary N) is 1. The molecule has 0 unspecified atom stereocenters. The van der Waals surface area contributed by atoms with Gasteiger partial charge in [-0.2, -0.15) is 0 Å². The van der Waals surface area contributed by atoms with Crippen LogP contribution >= 0.6 is 15.9 Å². The molecule has 174 valence electrons. The second-order valence-corrected chi connectivity index (χ2v) is 10.4. The predicted octanol–water partition coefficient (Wildman–Crippen LogP) is 5.31. The molecule has 0 saturated carbocycles. The zero-order valence-corrected chi connectivity index (χ0v) is 21.5. The molecule has 1 atom stereocenters. The lowest BCUT2D eigenvalue weighted by atomic mass is 9.87. The summed E-state index contributed by atoms with van der Waals surface area (Å²) in [5.74, 6) is 0.562. The molecule has 1 N–H and O–H groups in total. The third-order valence-electron chi connectivity index (χ3n) is 5.20. The molecule has 0 fully saturated rings. The highest BCUT2D eigenvalue weighted by atomic mass is 79.9. The van der Waals surface area contributed by atoms with Crippen molar-refractivity contribution in [2.45, 2.75) is 59.5 Å². The summed E-state index contributed by atoms with van der Waals surface area (Å²) >= 11 is 3.43. The molecule has 0 spiro atoms.